The Hall–Kier alpha value is -2.30. The molecule has 0 amide bonds. The summed E-state index contributed by atoms with van der Waals surface area (Å²) in [6.45, 7) is 8.22. The molecule has 1 N–H and O–H groups in total. The zero-order chi connectivity index (χ0) is 15.0. The summed E-state index contributed by atoms with van der Waals surface area (Å²) in [5, 5.41) is 8.83. The van der Waals surface area contributed by atoms with Gasteiger partial charge in [0, 0.05) is 11.4 Å². The zero-order valence-electron chi connectivity index (χ0n) is 12.8. The number of furan rings is 1. The van der Waals surface area contributed by atoms with Crippen molar-refractivity contribution in [1.29, 1.82) is 0 Å². The predicted octanol–water partition coefficient (Wildman–Crippen LogP) is 4.09. The van der Waals surface area contributed by atoms with Crippen molar-refractivity contribution in [2.24, 2.45) is 0 Å². The molecular formula is C16H20N4O. The van der Waals surface area contributed by atoms with Crippen LogP contribution in [0.25, 0.3) is 11.0 Å². The van der Waals surface area contributed by atoms with Crippen molar-refractivity contribution in [2.75, 3.05) is 5.32 Å². The second kappa shape index (κ2) is 5.24. The van der Waals surface area contributed by atoms with E-state index in [-0.39, 0.29) is 6.04 Å². The van der Waals surface area contributed by atoms with Crippen LogP contribution in [0.2, 0.25) is 0 Å². The lowest BCUT2D eigenvalue weighted by Crippen LogP contribution is -2.06. The molecule has 3 rings (SSSR count). The van der Waals surface area contributed by atoms with Gasteiger partial charge in [-0.05, 0) is 45.9 Å². The van der Waals surface area contributed by atoms with Crippen molar-refractivity contribution in [2.45, 2.75) is 39.8 Å². The lowest BCUT2D eigenvalue weighted by atomic mass is 10.2. The third-order valence-electron chi connectivity index (χ3n) is 3.49. The van der Waals surface area contributed by atoms with Gasteiger partial charge in [-0.3, -0.25) is 0 Å². The minimum Gasteiger partial charge on any atom is -0.464 e. The Morgan fingerprint density at radius 1 is 1.19 bits per heavy atom. The summed E-state index contributed by atoms with van der Waals surface area (Å²) in [6, 6.07) is 6.44. The van der Waals surface area contributed by atoms with Crippen LogP contribution in [0.4, 0.5) is 5.69 Å². The third-order valence-corrected chi connectivity index (χ3v) is 3.49. The van der Waals surface area contributed by atoms with E-state index in [1.165, 1.54) is 0 Å². The van der Waals surface area contributed by atoms with E-state index in [0.29, 0.717) is 6.04 Å². The van der Waals surface area contributed by atoms with Crippen LogP contribution < -0.4 is 5.32 Å². The lowest BCUT2D eigenvalue weighted by Gasteiger charge is -2.13. The third kappa shape index (κ3) is 2.63. The number of aryl methyl sites for hydroxylation is 1. The van der Waals surface area contributed by atoms with Crippen LogP contribution >= 0.6 is 0 Å². The molecular weight excluding hydrogens is 264 g/mol. The highest BCUT2D eigenvalue weighted by Gasteiger charge is 2.11. The van der Waals surface area contributed by atoms with E-state index >= 15 is 0 Å². The summed E-state index contributed by atoms with van der Waals surface area (Å²) < 4.78 is 7.57. The van der Waals surface area contributed by atoms with E-state index < -0.39 is 0 Å². The number of anilines is 1. The summed E-state index contributed by atoms with van der Waals surface area (Å²) in [6.07, 6.45) is 3.70. The smallest absolute Gasteiger partial charge is 0.158 e. The van der Waals surface area contributed by atoms with Gasteiger partial charge in [0.15, 0.2) is 5.65 Å². The van der Waals surface area contributed by atoms with E-state index in [0.717, 1.165) is 28.2 Å². The van der Waals surface area contributed by atoms with Crippen LogP contribution in [0, 0.1) is 6.92 Å². The maximum Gasteiger partial charge on any atom is 0.158 e. The largest absolute Gasteiger partial charge is 0.464 e. The number of rotatable bonds is 4. The molecule has 3 aromatic heterocycles. The molecule has 3 heterocycles. The van der Waals surface area contributed by atoms with E-state index in [1.807, 2.05) is 36.1 Å². The number of aromatic nitrogens is 3. The fourth-order valence-electron chi connectivity index (χ4n) is 2.40. The fourth-order valence-corrected chi connectivity index (χ4v) is 2.40. The van der Waals surface area contributed by atoms with E-state index in [1.54, 1.807) is 0 Å². The van der Waals surface area contributed by atoms with Crippen molar-refractivity contribution >= 4 is 16.7 Å². The quantitative estimate of drug-likeness (QED) is 0.784. The highest BCUT2D eigenvalue weighted by molar-refractivity contribution is 5.78. The normalized spacial score (nSPS) is 13.0. The lowest BCUT2D eigenvalue weighted by molar-refractivity contribution is 0.467. The van der Waals surface area contributed by atoms with Crippen molar-refractivity contribution in [3.05, 3.63) is 42.1 Å². The average molecular weight is 284 g/mol. The minimum absolute atomic E-state index is 0.0955. The molecule has 0 saturated heterocycles. The molecule has 0 spiro atoms. The summed E-state index contributed by atoms with van der Waals surface area (Å²) in [7, 11) is 0. The Morgan fingerprint density at radius 2 is 2.00 bits per heavy atom. The minimum atomic E-state index is 0.0955. The van der Waals surface area contributed by atoms with E-state index in [4.69, 9.17) is 4.42 Å². The molecule has 0 radical (unpaired) electrons. The Balaban J connectivity index is 1.84. The van der Waals surface area contributed by atoms with Gasteiger partial charge in [-0.2, -0.15) is 5.10 Å². The SMILES string of the molecule is Cc1ccc(C(C)Nc2cnc3c(cnn3C(C)C)c2)o1. The van der Waals surface area contributed by atoms with Gasteiger partial charge in [-0.25, -0.2) is 9.67 Å². The Kier molecular flexibility index (Phi) is 3.41. The fraction of sp³-hybridized carbons (Fsp3) is 0.375. The van der Waals surface area contributed by atoms with Gasteiger partial charge in [0.25, 0.3) is 0 Å². The molecule has 0 saturated carbocycles. The van der Waals surface area contributed by atoms with Crippen LogP contribution in [0.5, 0.6) is 0 Å². The number of nitrogens with one attached hydrogen (secondary N) is 1. The Bertz CT molecular complexity index is 757. The van der Waals surface area contributed by atoms with E-state index in [9.17, 15) is 0 Å². The van der Waals surface area contributed by atoms with Gasteiger partial charge in [0.2, 0.25) is 0 Å². The van der Waals surface area contributed by atoms with Gasteiger partial charge in [-0.15, -0.1) is 0 Å². The first-order valence-electron chi connectivity index (χ1n) is 7.20. The Morgan fingerprint density at radius 3 is 2.67 bits per heavy atom. The highest BCUT2D eigenvalue weighted by atomic mass is 16.3. The van der Waals surface area contributed by atoms with Crippen LogP contribution in [-0.4, -0.2) is 14.8 Å². The van der Waals surface area contributed by atoms with Gasteiger partial charge in [0.1, 0.15) is 11.5 Å². The van der Waals surface area contributed by atoms with Gasteiger partial charge < -0.3 is 9.73 Å². The summed E-state index contributed by atoms with van der Waals surface area (Å²) in [5.74, 6) is 1.84. The molecule has 1 atom stereocenters. The van der Waals surface area contributed by atoms with Gasteiger partial charge >= 0.3 is 0 Å². The van der Waals surface area contributed by atoms with Crippen molar-refractivity contribution in [1.82, 2.24) is 14.8 Å². The first kappa shape index (κ1) is 13.7. The maximum absolute atomic E-state index is 5.64. The monoisotopic (exact) mass is 284 g/mol. The molecule has 110 valence electrons. The van der Waals surface area contributed by atoms with Crippen LogP contribution in [0.15, 0.2) is 35.0 Å². The summed E-state index contributed by atoms with van der Waals surface area (Å²) >= 11 is 0. The summed E-state index contributed by atoms with van der Waals surface area (Å²) in [5.41, 5.74) is 1.88. The maximum atomic E-state index is 5.64. The van der Waals surface area contributed by atoms with Crippen LogP contribution in [0.1, 0.15) is 44.4 Å². The Labute approximate surface area is 124 Å². The first-order chi connectivity index (χ1) is 10.0. The number of nitrogens with zero attached hydrogens (tertiary/aromatic N) is 3. The number of hydrogen-bond donors (Lipinski definition) is 1. The molecule has 0 bridgehead atoms. The number of hydrogen-bond acceptors (Lipinski definition) is 4. The molecule has 5 heteroatoms. The molecule has 0 fully saturated rings. The van der Waals surface area contributed by atoms with Crippen LogP contribution in [-0.2, 0) is 0 Å². The summed E-state index contributed by atoms with van der Waals surface area (Å²) in [4.78, 5) is 4.52. The van der Waals surface area contributed by atoms with Crippen molar-refractivity contribution in [3.63, 3.8) is 0 Å². The van der Waals surface area contributed by atoms with Gasteiger partial charge in [0.05, 0.1) is 24.1 Å². The van der Waals surface area contributed by atoms with Crippen molar-refractivity contribution < 1.29 is 4.42 Å². The topological polar surface area (TPSA) is 55.9 Å². The highest BCUT2D eigenvalue weighted by Crippen LogP contribution is 2.23. The second-order valence-electron chi connectivity index (χ2n) is 5.63. The average Bonchev–Trinajstić information content (AvgIpc) is 3.04. The molecule has 0 aliphatic carbocycles. The molecule has 0 aromatic carbocycles. The van der Waals surface area contributed by atoms with E-state index in [2.05, 4.69) is 42.2 Å². The molecule has 3 aromatic rings. The standard InChI is InChI=1S/C16H20N4O/c1-10(2)20-16-13(8-18-20)7-14(9-17-16)19-12(4)15-6-5-11(3)21-15/h5-10,12,19H,1-4H3. The predicted molar refractivity (Wildman–Crippen MR) is 83.4 cm³/mol. The molecule has 5 nitrogen and oxygen atoms in total. The molecule has 0 aliphatic heterocycles. The van der Waals surface area contributed by atoms with Crippen LogP contribution in [0.3, 0.4) is 0 Å². The number of pyridine rings is 1. The molecule has 1 unspecified atom stereocenters. The number of fused-ring (bicyclic) bond motifs is 1. The second-order valence-corrected chi connectivity index (χ2v) is 5.63. The first-order valence-corrected chi connectivity index (χ1v) is 7.20. The van der Waals surface area contributed by atoms with Gasteiger partial charge in [-0.1, -0.05) is 0 Å². The molecule has 21 heavy (non-hydrogen) atoms. The molecule has 0 aliphatic rings. The van der Waals surface area contributed by atoms with Crippen molar-refractivity contribution in [3.8, 4) is 0 Å². The zero-order valence-corrected chi connectivity index (χ0v) is 12.8.